The van der Waals surface area contributed by atoms with Gasteiger partial charge in [-0.25, -0.2) is 0 Å². The second-order valence-electron chi connectivity index (χ2n) is 7.64. The summed E-state index contributed by atoms with van der Waals surface area (Å²) < 4.78 is 5.85. The Hall–Kier alpha value is -2.81. The van der Waals surface area contributed by atoms with Crippen LogP contribution in [0.2, 0.25) is 0 Å². The maximum absolute atomic E-state index is 5.85. The van der Waals surface area contributed by atoms with E-state index in [-0.39, 0.29) is 11.3 Å². The molecular formula is C23H26N2O. The third-order valence-corrected chi connectivity index (χ3v) is 4.46. The summed E-state index contributed by atoms with van der Waals surface area (Å²) in [5.41, 5.74) is 10.2. The Morgan fingerprint density at radius 2 is 1.50 bits per heavy atom. The van der Waals surface area contributed by atoms with Gasteiger partial charge in [0.15, 0.2) is 0 Å². The Morgan fingerprint density at radius 3 is 2.04 bits per heavy atom. The van der Waals surface area contributed by atoms with E-state index in [1.165, 1.54) is 11.1 Å². The summed E-state index contributed by atoms with van der Waals surface area (Å²) in [7, 11) is 0. The Bertz CT molecular complexity index is 819. The minimum atomic E-state index is 0.0897. The van der Waals surface area contributed by atoms with Gasteiger partial charge in [-0.2, -0.15) is 0 Å². The zero-order valence-electron chi connectivity index (χ0n) is 15.6. The Balaban J connectivity index is 1.79. The molecule has 134 valence electrons. The number of pyridine rings is 1. The summed E-state index contributed by atoms with van der Waals surface area (Å²) in [4.78, 5) is 4.28. The van der Waals surface area contributed by atoms with Crippen LogP contribution in [0, 0.1) is 5.41 Å². The molecule has 3 nitrogen and oxygen atoms in total. The lowest BCUT2D eigenvalue weighted by Crippen LogP contribution is -2.19. The molecule has 0 saturated carbocycles. The maximum Gasteiger partial charge on any atom is 0.130 e. The number of hydrogen-bond acceptors (Lipinski definition) is 3. The molecule has 26 heavy (non-hydrogen) atoms. The van der Waals surface area contributed by atoms with Crippen molar-refractivity contribution in [2.45, 2.75) is 33.3 Å². The Kier molecular flexibility index (Phi) is 5.27. The number of nitrogens with zero attached hydrogens (tertiary/aromatic N) is 1. The van der Waals surface area contributed by atoms with Crippen molar-refractivity contribution in [1.82, 2.24) is 4.98 Å². The van der Waals surface area contributed by atoms with Gasteiger partial charge in [0.2, 0.25) is 0 Å². The summed E-state index contributed by atoms with van der Waals surface area (Å²) in [6.45, 7) is 7.26. The summed E-state index contributed by atoms with van der Waals surface area (Å²) in [6, 6.07) is 22.4. The van der Waals surface area contributed by atoms with Crippen molar-refractivity contribution in [3.8, 4) is 5.75 Å². The van der Waals surface area contributed by atoms with E-state index in [1.54, 1.807) is 6.20 Å². The predicted octanol–water partition coefficient (Wildman–Crippen LogP) is 5.42. The smallest absolute Gasteiger partial charge is 0.130 e. The predicted molar refractivity (Wildman–Crippen MR) is 107 cm³/mol. The molecule has 1 atom stereocenters. The monoisotopic (exact) mass is 346 g/mol. The highest BCUT2D eigenvalue weighted by molar-refractivity contribution is 5.44. The lowest BCUT2D eigenvalue weighted by molar-refractivity contribution is 0.301. The second-order valence-corrected chi connectivity index (χ2v) is 7.64. The number of anilines is 1. The number of nitrogens with two attached hydrogens (primary N) is 1. The fourth-order valence-corrected chi connectivity index (χ4v) is 3.28. The highest BCUT2D eigenvalue weighted by Gasteiger charge is 2.27. The molecule has 1 heterocycles. The zero-order valence-corrected chi connectivity index (χ0v) is 15.6. The van der Waals surface area contributed by atoms with Gasteiger partial charge in [-0.1, -0.05) is 51.1 Å². The molecule has 0 radical (unpaired) electrons. The molecular weight excluding hydrogens is 320 g/mol. The molecule has 0 aliphatic carbocycles. The van der Waals surface area contributed by atoms with E-state index in [9.17, 15) is 0 Å². The number of aromatic nitrogens is 1. The average Bonchev–Trinajstić information content (AvgIpc) is 2.63. The standard InChI is InChI=1S/C23H26N2O/c1-23(2,3)22(17-7-11-19(24)12-8-17)18-9-13-21(14-10-18)26-16-20-6-4-5-15-25-20/h4-15,22H,16,24H2,1-3H3. The first-order valence-electron chi connectivity index (χ1n) is 8.91. The number of ether oxygens (including phenoxy) is 1. The van der Waals surface area contributed by atoms with Gasteiger partial charge in [-0.15, -0.1) is 0 Å². The molecule has 0 aliphatic rings. The van der Waals surface area contributed by atoms with E-state index in [2.05, 4.69) is 50.0 Å². The number of rotatable bonds is 5. The van der Waals surface area contributed by atoms with E-state index >= 15 is 0 Å². The van der Waals surface area contributed by atoms with Gasteiger partial charge in [0.25, 0.3) is 0 Å². The minimum absolute atomic E-state index is 0.0897. The quantitative estimate of drug-likeness (QED) is 0.627. The van der Waals surface area contributed by atoms with E-state index in [0.717, 1.165) is 17.1 Å². The molecule has 2 aromatic carbocycles. The van der Waals surface area contributed by atoms with Gasteiger partial charge in [0, 0.05) is 17.8 Å². The van der Waals surface area contributed by atoms with Gasteiger partial charge < -0.3 is 10.5 Å². The Labute approximate surface area is 155 Å². The van der Waals surface area contributed by atoms with Crippen LogP contribution in [-0.2, 0) is 6.61 Å². The number of benzene rings is 2. The normalized spacial score (nSPS) is 12.6. The largest absolute Gasteiger partial charge is 0.487 e. The van der Waals surface area contributed by atoms with Crippen molar-refractivity contribution >= 4 is 5.69 Å². The SMILES string of the molecule is CC(C)(C)C(c1ccc(N)cc1)c1ccc(OCc2ccccn2)cc1. The fourth-order valence-electron chi connectivity index (χ4n) is 3.28. The first-order valence-corrected chi connectivity index (χ1v) is 8.91. The molecule has 0 bridgehead atoms. The molecule has 0 fully saturated rings. The average molecular weight is 346 g/mol. The lowest BCUT2D eigenvalue weighted by Gasteiger charge is -2.32. The maximum atomic E-state index is 5.85. The summed E-state index contributed by atoms with van der Waals surface area (Å²) in [5, 5.41) is 0. The van der Waals surface area contributed by atoms with E-state index in [1.807, 2.05) is 42.5 Å². The van der Waals surface area contributed by atoms with E-state index in [4.69, 9.17) is 10.5 Å². The van der Waals surface area contributed by atoms with Crippen molar-refractivity contribution in [2.24, 2.45) is 5.41 Å². The van der Waals surface area contributed by atoms with Crippen molar-refractivity contribution in [1.29, 1.82) is 0 Å². The van der Waals surface area contributed by atoms with Crippen LogP contribution in [0.5, 0.6) is 5.75 Å². The molecule has 0 amide bonds. The molecule has 2 N–H and O–H groups in total. The molecule has 0 aliphatic heterocycles. The second kappa shape index (κ2) is 7.61. The van der Waals surface area contributed by atoms with Crippen LogP contribution in [0.4, 0.5) is 5.69 Å². The summed E-state index contributed by atoms with van der Waals surface area (Å²) in [5.74, 6) is 1.14. The van der Waals surface area contributed by atoms with Crippen LogP contribution < -0.4 is 10.5 Å². The summed E-state index contributed by atoms with van der Waals surface area (Å²) in [6.07, 6.45) is 1.78. The summed E-state index contributed by atoms with van der Waals surface area (Å²) >= 11 is 0. The Morgan fingerprint density at radius 1 is 0.885 bits per heavy atom. The van der Waals surface area contributed by atoms with Gasteiger partial charge in [-0.05, 0) is 52.9 Å². The van der Waals surface area contributed by atoms with Crippen LogP contribution in [0.1, 0.15) is 43.5 Å². The highest BCUT2D eigenvalue weighted by Crippen LogP contribution is 2.41. The van der Waals surface area contributed by atoms with Crippen LogP contribution in [0.25, 0.3) is 0 Å². The molecule has 3 heteroatoms. The molecule has 3 aromatic rings. The van der Waals surface area contributed by atoms with Crippen LogP contribution in [0.15, 0.2) is 72.9 Å². The van der Waals surface area contributed by atoms with Crippen LogP contribution in [0.3, 0.4) is 0 Å². The molecule has 0 saturated heterocycles. The van der Waals surface area contributed by atoms with Gasteiger partial charge >= 0.3 is 0 Å². The van der Waals surface area contributed by atoms with E-state index in [0.29, 0.717) is 6.61 Å². The minimum Gasteiger partial charge on any atom is -0.487 e. The van der Waals surface area contributed by atoms with Crippen molar-refractivity contribution in [3.63, 3.8) is 0 Å². The number of nitrogen functional groups attached to an aromatic ring is 1. The molecule has 0 spiro atoms. The van der Waals surface area contributed by atoms with Gasteiger partial charge in [0.1, 0.15) is 12.4 Å². The zero-order chi connectivity index (χ0) is 18.6. The molecule has 1 aromatic heterocycles. The van der Waals surface area contributed by atoms with Crippen molar-refractivity contribution in [3.05, 3.63) is 89.7 Å². The third-order valence-electron chi connectivity index (χ3n) is 4.46. The van der Waals surface area contributed by atoms with Crippen molar-refractivity contribution in [2.75, 3.05) is 5.73 Å². The lowest BCUT2D eigenvalue weighted by atomic mass is 9.72. The van der Waals surface area contributed by atoms with E-state index < -0.39 is 0 Å². The number of hydrogen-bond donors (Lipinski definition) is 1. The van der Waals surface area contributed by atoms with Gasteiger partial charge in [0.05, 0.1) is 5.69 Å². The van der Waals surface area contributed by atoms with Crippen LogP contribution in [-0.4, -0.2) is 4.98 Å². The molecule has 3 rings (SSSR count). The van der Waals surface area contributed by atoms with Gasteiger partial charge in [-0.3, -0.25) is 4.98 Å². The first-order chi connectivity index (χ1) is 12.4. The van der Waals surface area contributed by atoms with Crippen molar-refractivity contribution < 1.29 is 4.74 Å². The molecule has 1 unspecified atom stereocenters. The van der Waals surface area contributed by atoms with Crippen LogP contribution >= 0.6 is 0 Å². The highest BCUT2D eigenvalue weighted by atomic mass is 16.5. The third kappa shape index (κ3) is 4.42. The topological polar surface area (TPSA) is 48.1 Å². The fraction of sp³-hybridized carbons (Fsp3) is 0.261. The first kappa shape index (κ1) is 18.0.